The Morgan fingerprint density at radius 2 is 1.81 bits per heavy atom. The highest BCUT2D eigenvalue weighted by atomic mass is 35.5. The number of hydrogen-bond donors (Lipinski definition) is 0. The molecule has 27 heavy (non-hydrogen) atoms. The topological polar surface area (TPSA) is 54.5 Å². The lowest BCUT2D eigenvalue weighted by Crippen LogP contribution is -2.49. The molecule has 2 heterocycles. The normalized spacial score (nSPS) is 25.7. The van der Waals surface area contributed by atoms with Crippen LogP contribution in [0.4, 0.5) is 13.2 Å². The molecule has 2 aliphatic rings. The third-order valence-electron chi connectivity index (χ3n) is 5.55. The summed E-state index contributed by atoms with van der Waals surface area (Å²) in [6, 6.07) is 3.50. The fraction of sp³-hybridized carbons (Fsp3) is 0.611. The molecule has 0 N–H and O–H groups in total. The Hall–Kier alpha value is -1.28. The van der Waals surface area contributed by atoms with Gasteiger partial charge in [-0.25, -0.2) is 8.42 Å². The summed E-state index contributed by atoms with van der Waals surface area (Å²) in [4.78, 5) is 14.4. The van der Waals surface area contributed by atoms with Gasteiger partial charge in [0.05, 0.1) is 15.8 Å². The van der Waals surface area contributed by atoms with Crippen LogP contribution in [0, 0.1) is 0 Å². The number of hydrogen-bond acceptors (Lipinski definition) is 3. The Balaban J connectivity index is 1.66. The molecule has 0 spiro atoms. The van der Waals surface area contributed by atoms with E-state index in [2.05, 4.69) is 0 Å². The van der Waals surface area contributed by atoms with Crippen LogP contribution < -0.4 is 0 Å². The van der Waals surface area contributed by atoms with E-state index in [0.717, 1.165) is 18.9 Å². The third-order valence-corrected chi connectivity index (χ3v) is 7.47. The zero-order chi connectivity index (χ0) is 20.0. The van der Waals surface area contributed by atoms with E-state index in [1.807, 2.05) is 0 Å². The highest BCUT2D eigenvalue weighted by Crippen LogP contribution is 2.39. The minimum absolute atomic E-state index is 0.0908. The Labute approximate surface area is 161 Å². The molecule has 1 amide bonds. The molecule has 0 aliphatic carbocycles. The summed E-state index contributed by atoms with van der Waals surface area (Å²) in [7, 11) is -3.14. The highest BCUT2D eigenvalue weighted by Gasteiger charge is 2.45. The minimum atomic E-state index is -4.54. The second-order valence-electron chi connectivity index (χ2n) is 7.42. The van der Waals surface area contributed by atoms with Gasteiger partial charge in [0.1, 0.15) is 9.84 Å². The van der Waals surface area contributed by atoms with Crippen LogP contribution in [-0.4, -0.2) is 42.8 Å². The van der Waals surface area contributed by atoms with Crippen molar-refractivity contribution in [2.75, 3.05) is 6.26 Å². The number of amides is 1. The molecule has 1 aromatic carbocycles. The number of nitrogens with zero attached hydrogens (tertiary/aromatic N) is 1. The van der Waals surface area contributed by atoms with E-state index in [1.54, 1.807) is 4.90 Å². The van der Waals surface area contributed by atoms with Gasteiger partial charge in [0.15, 0.2) is 0 Å². The van der Waals surface area contributed by atoms with Crippen LogP contribution in [-0.2, 0) is 27.2 Å². The number of carbonyl (C=O) groups is 1. The van der Waals surface area contributed by atoms with E-state index in [9.17, 15) is 26.4 Å². The molecule has 4 nitrogen and oxygen atoms in total. The predicted octanol–water partition coefficient (Wildman–Crippen LogP) is 3.86. The lowest BCUT2D eigenvalue weighted by atomic mass is 10.0. The largest absolute Gasteiger partial charge is 0.417 e. The predicted molar refractivity (Wildman–Crippen MR) is 96.3 cm³/mol. The monoisotopic (exact) mass is 423 g/mol. The fourth-order valence-electron chi connectivity index (χ4n) is 4.21. The average Bonchev–Trinajstić information content (AvgIpc) is 2.81. The molecule has 0 radical (unpaired) electrons. The molecule has 0 aromatic heterocycles. The van der Waals surface area contributed by atoms with Crippen molar-refractivity contribution in [3.05, 3.63) is 34.3 Å². The van der Waals surface area contributed by atoms with Crippen molar-refractivity contribution in [3.8, 4) is 0 Å². The molecule has 2 saturated heterocycles. The SMILES string of the molecule is CS(=O)(=O)C1CC2CCC(C1)N2C(=O)CCc1ccc(Cl)c(C(F)(F)F)c1. The smallest absolute Gasteiger partial charge is 0.337 e. The molecule has 0 saturated carbocycles. The van der Waals surface area contributed by atoms with Crippen molar-refractivity contribution >= 4 is 27.3 Å². The first-order chi connectivity index (χ1) is 12.5. The maximum atomic E-state index is 13.0. The average molecular weight is 424 g/mol. The van der Waals surface area contributed by atoms with E-state index >= 15 is 0 Å². The van der Waals surface area contributed by atoms with E-state index in [0.29, 0.717) is 18.4 Å². The molecule has 9 heteroatoms. The second-order valence-corrected chi connectivity index (χ2v) is 10.2. The van der Waals surface area contributed by atoms with E-state index < -0.39 is 26.8 Å². The summed E-state index contributed by atoms with van der Waals surface area (Å²) in [5.41, 5.74) is -0.499. The van der Waals surface area contributed by atoms with Gasteiger partial charge in [0, 0.05) is 24.8 Å². The molecule has 2 unspecified atom stereocenters. The number of rotatable bonds is 4. The first-order valence-electron chi connectivity index (χ1n) is 8.82. The van der Waals surface area contributed by atoms with Gasteiger partial charge < -0.3 is 4.90 Å². The Kier molecular flexibility index (Phi) is 5.51. The van der Waals surface area contributed by atoms with Gasteiger partial charge in [-0.2, -0.15) is 13.2 Å². The number of alkyl halides is 3. The summed E-state index contributed by atoms with van der Waals surface area (Å²) >= 11 is 5.62. The van der Waals surface area contributed by atoms with Crippen molar-refractivity contribution in [1.29, 1.82) is 0 Å². The number of carbonyl (C=O) groups excluding carboxylic acids is 1. The third kappa shape index (κ3) is 4.42. The molecular formula is C18H21ClF3NO3S. The molecule has 2 aliphatic heterocycles. The maximum Gasteiger partial charge on any atom is 0.417 e. The van der Waals surface area contributed by atoms with E-state index in [4.69, 9.17) is 11.6 Å². The van der Waals surface area contributed by atoms with Gasteiger partial charge in [-0.3, -0.25) is 4.79 Å². The summed E-state index contributed by atoms with van der Waals surface area (Å²) in [5, 5.41) is -0.775. The van der Waals surface area contributed by atoms with E-state index in [-0.39, 0.29) is 35.9 Å². The Morgan fingerprint density at radius 1 is 1.22 bits per heavy atom. The molecular weight excluding hydrogens is 403 g/mol. The number of piperidine rings is 1. The number of benzene rings is 1. The van der Waals surface area contributed by atoms with Crippen LogP contribution in [0.2, 0.25) is 5.02 Å². The fourth-order valence-corrected chi connectivity index (χ4v) is 5.58. The molecule has 2 atom stereocenters. The molecule has 2 bridgehead atoms. The molecule has 1 aromatic rings. The van der Waals surface area contributed by atoms with Crippen LogP contribution in [0.3, 0.4) is 0 Å². The first kappa shape index (κ1) is 20.5. The lowest BCUT2D eigenvalue weighted by molar-refractivity contribution is -0.137. The van der Waals surface area contributed by atoms with Crippen molar-refractivity contribution in [1.82, 2.24) is 4.90 Å². The molecule has 2 fully saturated rings. The Bertz CT molecular complexity index is 827. The standard InChI is InChI=1S/C18H21ClF3NO3S/c1-27(25,26)14-9-12-4-5-13(10-14)23(12)17(24)7-3-11-2-6-16(19)15(8-11)18(20,21)22/h2,6,8,12-14H,3-5,7,9-10H2,1H3. The molecule has 150 valence electrons. The number of aryl methyl sites for hydroxylation is 1. The van der Waals surface area contributed by atoms with Gasteiger partial charge in [-0.05, 0) is 49.8 Å². The van der Waals surface area contributed by atoms with Crippen LogP contribution in [0.1, 0.15) is 43.2 Å². The van der Waals surface area contributed by atoms with Crippen LogP contribution >= 0.6 is 11.6 Å². The van der Waals surface area contributed by atoms with Crippen molar-refractivity contribution in [2.24, 2.45) is 0 Å². The van der Waals surface area contributed by atoms with Gasteiger partial charge in [-0.15, -0.1) is 0 Å². The number of fused-ring (bicyclic) bond motifs is 2. The quantitative estimate of drug-likeness (QED) is 0.739. The first-order valence-corrected chi connectivity index (χ1v) is 11.2. The zero-order valence-corrected chi connectivity index (χ0v) is 16.4. The van der Waals surface area contributed by atoms with Gasteiger partial charge >= 0.3 is 6.18 Å². The van der Waals surface area contributed by atoms with Crippen molar-refractivity contribution in [3.63, 3.8) is 0 Å². The minimum Gasteiger partial charge on any atom is -0.337 e. The summed E-state index contributed by atoms with van der Waals surface area (Å²) in [6.07, 6.45) is -0.583. The van der Waals surface area contributed by atoms with Crippen LogP contribution in [0.15, 0.2) is 18.2 Å². The van der Waals surface area contributed by atoms with Gasteiger partial charge in [-0.1, -0.05) is 17.7 Å². The second kappa shape index (κ2) is 7.28. The van der Waals surface area contributed by atoms with Crippen molar-refractivity contribution in [2.45, 2.75) is 62.0 Å². The van der Waals surface area contributed by atoms with Gasteiger partial charge in [0.25, 0.3) is 0 Å². The highest BCUT2D eigenvalue weighted by molar-refractivity contribution is 7.91. The lowest BCUT2D eigenvalue weighted by Gasteiger charge is -2.38. The maximum absolute atomic E-state index is 13.0. The van der Waals surface area contributed by atoms with Gasteiger partial charge in [0.2, 0.25) is 5.91 Å². The number of sulfone groups is 1. The Morgan fingerprint density at radius 3 is 2.33 bits per heavy atom. The number of halogens is 4. The van der Waals surface area contributed by atoms with Crippen LogP contribution in [0.25, 0.3) is 0 Å². The van der Waals surface area contributed by atoms with Crippen LogP contribution in [0.5, 0.6) is 0 Å². The zero-order valence-electron chi connectivity index (χ0n) is 14.8. The van der Waals surface area contributed by atoms with E-state index in [1.165, 1.54) is 18.4 Å². The summed E-state index contributed by atoms with van der Waals surface area (Å²) < 4.78 is 62.5. The summed E-state index contributed by atoms with van der Waals surface area (Å²) in [5.74, 6) is -0.127. The van der Waals surface area contributed by atoms with Crippen molar-refractivity contribution < 1.29 is 26.4 Å². The molecule has 3 rings (SSSR count). The summed E-state index contributed by atoms with van der Waals surface area (Å²) in [6.45, 7) is 0.